The quantitative estimate of drug-likeness (QED) is 0.0623. The minimum Gasteiger partial charge on any atom is -0.490 e. The standard InChI is InChI=1S/C36H45N8O3/c1-8-10-17-38-36(41-29-13-14-31(27(4)23-29)47-30-15-18-44-32(24-30)39-25-40-44)34(26(3)9-2)35(46-7)28(5)42-19-21-43(22-20-42)33(45)12-11-16-37-6/h9-15,17-19,23-25,37H,5,8,16,20-22H2,1-4,6-7H3,(H,38,41)/q+1/b12-11+,17-10+,26-9-,35-34-. The van der Waals surface area contributed by atoms with E-state index < -0.39 is 0 Å². The fraction of sp³-hybridized carbons (Fsp3) is 0.306. The number of ether oxygens (including phenoxy) is 2. The number of rotatable bonds is 13. The molecule has 2 N–H and O–H groups in total. The second-order valence-electron chi connectivity index (χ2n) is 10.9. The molecule has 0 saturated heterocycles. The first kappa shape index (κ1) is 34.6. The molecule has 11 heteroatoms. The summed E-state index contributed by atoms with van der Waals surface area (Å²) in [6.07, 6.45) is 15.4. The number of carbonyl (C=O) groups excluding carboxylic acids is 1. The van der Waals surface area contributed by atoms with Crippen LogP contribution in [0.2, 0.25) is 0 Å². The smallest absolute Gasteiger partial charge is 0.246 e. The van der Waals surface area contributed by atoms with E-state index in [4.69, 9.17) is 14.5 Å². The number of hydrogen-bond donors (Lipinski definition) is 2. The molecule has 1 aliphatic rings. The Labute approximate surface area is 277 Å². The largest absolute Gasteiger partial charge is 0.490 e. The molecule has 0 saturated carbocycles. The van der Waals surface area contributed by atoms with Gasteiger partial charge in [-0.25, -0.2) is 14.5 Å². The van der Waals surface area contributed by atoms with Gasteiger partial charge in [0.05, 0.1) is 25.8 Å². The van der Waals surface area contributed by atoms with Crippen LogP contribution >= 0.6 is 0 Å². The molecule has 0 spiro atoms. The van der Waals surface area contributed by atoms with Crippen LogP contribution < -0.4 is 15.4 Å². The van der Waals surface area contributed by atoms with Gasteiger partial charge in [-0.15, -0.1) is 0 Å². The highest BCUT2D eigenvalue weighted by Crippen LogP contribution is 2.30. The maximum atomic E-state index is 12.6. The van der Waals surface area contributed by atoms with E-state index >= 15 is 0 Å². The Kier molecular flexibility index (Phi) is 12.4. The number of anilines is 1. The Balaban J connectivity index is 1.63. The van der Waals surface area contributed by atoms with Gasteiger partial charge in [-0.3, -0.25) is 4.79 Å². The first-order valence-corrected chi connectivity index (χ1v) is 15.7. The molecule has 1 amide bonds. The van der Waals surface area contributed by atoms with Crippen LogP contribution in [-0.2, 0) is 9.53 Å². The lowest BCUT2D eigenvalue weighted by molar-refractivity contribution is -0.476. The molecule has 0 unspecified atom stereocenters. The van der Waals surface area contributed by atoms with Crippen molar-refractivity contribution in [3.05, 3.63) is 108 Å². The second-order valence-corrected chi connectivity index (χ2v) is 10.9. The highest BCUT2D eigenvalue weighted by molar-refractivity contribution is 6.11. The lowest BCUT2D eigenvalue weighted by atomic mass is 10.0. The Bertz CT molecular complexity index is 1780. The number of benzene rings is 1. The van der Waals surface area contributed by atoms with Gasteiger partial charge in [-0.05, 0) is 76.2 Å². The molecule has 0 fully saturated rings. The number of amides is 1. The van der Waals surface area contributed by atoms with Crippen LogP contribution in [0.15, 0.2) is 108 Å². The topological polar surface area (TPSA) is 108 Å². The van der Waals surface area contributed by atoms with Crippen molar-refractivity contribution in [1.29, 1.82) is 0 Å². The number of nitrogens with zero attached hydrogens (tertiary/aromatic N) is 6. The lowest BCUT2D eigenvalue weighted by Gasteiger charge is -2.23. The number of nitrogens with one attached hydrogen (secondary N) is 2. The van der Waals surface area contributed by atoms with Crippen molar-refractivity contribution in [3.63, 3.8) is 0 Å². The van der Waals surface area contributed by atoms with E-state index in [0.29, 0.717) is 54.9 Å². The zero-order chi connectivity index (χ0) is 33.8. The highest BCUT2D eigenvalue weighted by atomic mass is 16.5. The van der Waals surface area contributed by atoms with Crippen molar-refractivity contribution in [1.82, 2.24) is 24.8 Å². The van der Waals surface area contributed by atoms with Gasteiger partial charge in [0.25, 0.3) is 0 Å². The zero-order valence-corrected chi connectivity index (χ0v) is 28.2. The number of aliphatic imine (C=N–C) groups is 1. The average molecular weight is 638 g/mol. The molecule has 3 heterocycles. The van der Waals surface area contributed by atoms with Gasteiger partial charge in [-0.2, -0.15) is 9.67 Å². The second kappa shape index (κ2) is 16.9. The van der Waals surface area contributed by atoms with E-state index in [-0.39, 0.29) is 5.91 Å². The van der Waals surface area contributed by atoms with E-state index in [1.165, 1.54) is 6.33 Å². The van der Waals surface area contributed by atoms with E-state index in [0.717, 1.165) is 34.6 Å². The van der Waals surface area contributed by atoms with Gasteiger partial charge in [0.15, 0.2) is 18.4 Å². The zero-order valence-electron chi connectivity index (χ0n) is 28.2. The summed E-state index contributed by atoms with van der Waals surface area (Å²) in [5.74, 6) is 2.57. The minimum absolute atomic E-state index is 0.0147. The van der Waals surface area contributed by atoms with Crippen molar-refractivity contribution in [3.8, 4) is 11.5 Å². The Morgan fingerprint density at radius 2 is 2.06 bits per heavy atom. The predicted octanol–water partition coefficient (Wildman–Crippen LogP) is 5.65. The van der Waals surface area contributed by atoms with Gasteiger partial charge in [0.2, 0.25) is 17.4 Å². The van der Waals surface area contributed by atoms with Crippen molar-refractivity contribution < 1.29 is 18.8 Å². The Morgan fingerprint density at radius 1 is 1.23 bits per heavy atom. The molecule has 3 aromatic rings. The molecule has 4 rings (SSSR count). The van der Waals surface area contributed by atoms with E-state index in [2.05, 4.69) is 34.2 Å². The first-order valence-electron chi connectivity index (χ1n) is 15.7. The summed E-state index contributed by atoms with van der Waals surface area (Å²) in [4.78, 5) is 23.5. The van der Waals surface area contributed by atoms with Gasteiger partial charge < -0.3 is 25.0 Å². The fourth-order valence-electron chi connectivity index (χ4n) is 4.91. The number of hydrogen-bond acceptors (Lipinski definition) is 7. The average Bonchev–Trinajstić information content (AvgIpc) is 3.56. The number of fused-ring (bicyclic) bond motifs is 1. The SMILES string of the molecule is C=C(/C(OC)=C(C(\C)=C/C)/C(=N/C=C/CC)Nc1ccc(Oc2ccn3ncnc3c2)c(C)c1)[N+]1=CCN(C(=O)/C=C/CNC)CC1. The molecule has 0 radical (unpaired) electrons. The maximum absolute atomic E-state index is 12.6. The first-order chi connectivity index (χ1) is 22.8. The molecule has 47 heavy (non-hydrogen) atoms. The normalized spacial score (nSPS) is 14.9. The number of methoxy groups -OCH3 is 1. The number of amidine groups is 1. The van der Waals surface area contributed by atoms with Crippen molar-refractivity contribution in [2.75, 3.05) is 45.7 Å². The van der Waals surface area contributed by atoms with Crippen LogP contribution in [0.1, 0.15) is 32.8 Å². The van der Waals surface area contributed by atoms with Gasteiger partial charge >= 0.3 is 0 Å². The number of aromatic nitrogens is 3. The molecule has 11 nitrogen and oxygen atoms in total. The summed E-state index contributed by atoms with van der Waals surface area (Å²) >= 11 is 0. The van der Waals surface area contributed by atoms with Crippen LogP contribution in [0.4, 0.5) is 5.69 Å². The van der Waals surface area contributed by atoms with Crippen molar-refractivity contribution >= 4 is 29.3 Å². The van der Waals surface area contributed by atoms with Crippen molar-refractivity contribution in [2.45, 2.75) is 34.1 Å². The molecule has 1 aromatic carbocycles. The number of pyridine rings is 1. The van der Waals surface area contributed by atoms with Crippen LogP contribution in [0, 0.1) is 6.92 Å². The summed E-state index contributed by atoms with van der Waals surface area (Å²) < 4.78 is 16.0. The third-order valence-corrected chi connectivity index (χ3v) is 7.59. The molecule has 1 aliphatic heterocycles. The molecule has 2 aromatic heterocycles. The number of aryl methyl sites for hydroxylation is 1. The molecule has 0 atom stereocenters. The van der Waals surface area contributed by atoms with Crippen LogP contribution in [0.25, 0.3) is 5.65 Å². The molecule has 0 aliphatic carbocycles. The van der Waals surface area contributed by atoms with E-state index in [1.807, 2.05) is 93.4 Å². The monoisotopic (exact) mass is 637 g/mol. The summed E-state index contributed by atoms with van der Waals surface area (Å²) in [6.45, 7) is 14.7. The Morgan fingerprint density at radius 3 is 2.74 bits per heavy atom. The van der Waals surface area contributed by atoms with Crippen molar-refractivity contribution in [2.24, 2.45) is 4.99 Å². The molecular weight excluding hydrogens is 592 g/mol. The fourth-order valence-corrected chi connectivity index (χ4v) is 4.91. The summed E-state index contributed by atoms with van der Waals surface area (Å²) in [5.41, 5.74) is 4.90. The predicted molar refractivity (Wildman–Crippen MR) is 188 cm³/mol. The van der Waals surface area contributed by atoms with E-state index in [1.54, 1.807) is 28.8 Å². The minimum atomic E-state index is -0.0147. The third kappa shape index (κ3) is 8.92. The summed E-state index contributed by atoms with van der Waals surface area (Å²) in [7, 11) is 3.49. The highest BCUT2D eigenvalue weighted by Gasteiger charge is 2.28. The van der Waals surface area contributed by atoms with Crippen LogP contribution in [0.3, 0.4) is 0 Å². The Hall–Kier alpha value is -5.29. The summed E-state index contributed by atoms with van der Waals surface area (Å²) in [5, 5.41) is 10.7. The van der Waals surface area contributed by atoms with E-state index in [9.17, 15) is 4.79 Å². The summed E-state index contributed by atoms with van der Waals surface area (Å²) in [6, 6.07) is 9.60. The van der Waals surface area contributed by atoms with Gasteiger partial charge in [0.1, 0.15) is 23.7 Å². The molecular formula is C36H45N8O3+. The lowest BCUT2D eigenvalue weighted by Crippen LogP contribution is -2.42. The molecule has 246 valence electrons. The van der Waals surface area contributed by atoms with Gasteiger partial charge in [0, 0.05) is 36.8 Å². The van der Waals surface area contributed by atoms with Crippen LogP contribution in [0.5, 0.6) is 11.5 Å². The third-order valence-electron chi connectivity index (χ3n) is 7.59. The number of carbonyl (C=O) groups is 1. The maximum Gasteiger partial charge on any atom is 0.246 e. The molecule has 0 bridgehead atoms. The number of likely N-dealkylation sites (N-methyl/N-ethyl adjacent to an activating group) is 1. The number of allylic oxidation sites excluding steroid dienone is 2. The van der Waals surface area contributed by atoms with Crippen LogP contribution in [-0.4, -0.2) is 82.4 Å². The van der Waals surface area contributed by atoms with Gasteiger partial charge in [-0.1, -0.05) is 25.2 Å².